The largest absolute Gasteiger partial charge is 0.219 e. The summed E-state index contributed by atoms with van der Waals surface area (Å²) < 4.78 is 26.4. The van der Waals surface area contributed by atoms with E-state index < -0.39 is 14.8 Å². The topological polar surface area (TPSA) is 37.4 Å². The van der Waals surface area contributed by atoms with Crippen molar-refractivity contribution >= 4 is 10.0 Å². The molecule has 1 fully saturated rings. The Morgan fingerprint density at radius 3 is 1.88 bits per heavy atom. The van der Waals surface area contributed by atoms with E-state index in [0.717, 1.165) is 25.7 Å². The lowest BCUT2D eigenvalue weighted by Gasteiger charge is -2.41. The molecule has 17 heavy (non-hydrogen) atoms. The van der Waals surface area contributed by atoms with Gasteiger partial charge in [0.2, 0.25) is 10.0 Å². The van der Waals surface area contributed by atoms with Gasteiger partial charge in [-0.1, -0.05) is 13.3 Å². The van der Waals surface area contributed by atoms with E-state index in [0.29, 0.717) is 0 Å². The summed E-state index contributed by atoms with van der Waals surface area (Å²) in [6, 6.07) is 0.237. The van der Waals surface area contributed by atoms with Crippen LogP contribution in [0.5, 0.6) is 0 Å². The summed E-state index contributed by atoms with van der Waals surface area (Å²) in [6.45, 7) is 11.6. The Morgan fingerprint density at radius 1 is 1.12 bits per heavy atom. The van der Waals surface area contributed by atoms with E-state index in [9.17, 15) is 8.42 Å². The van der Waals surface area contributed by atoms with Gasteiger partial charge in [-0.3, -0.25) is 0 Å². The first-order valence-electron chi connectivity index (χ1n) is 6.58. The zero-order valence-electron chi connectivity index (χ0n) is 12.1. The van der Waals surface area contributed by atoms with Gasteiger partial charge in [-0.15, -0.1) is 0 Å². The molecule has 0 radical (unpaired) electrons. The van der Waals surface area contributed by atoms with Crippen LogP contribution in [0.15, 0.2) is 0 Å². The quantitative estimate of drug-likeness (QED) is 0.762. The molecule has 0 spiro atoms. The highest BCUT2D eigenvalue weighted by atomic mass is 32.2. The number of hydrogen-bond acceptors (Lipinski definition) is 2. The molecule has 0 bridgehead atoms. The van der Waals surface area contributed by atoms with Crippen LogP contribution in [0.25, 0.3) is 0 Å². The van der Waals surface area contributed by atoms with E-state index in [2.05, 4.69) is 20.8 Å². The summed E-state index contributed by atoms with van der Waals surface area (Å²) in [5.74, 6) is 0. The molecule has 1 aliphatic rings. The van der Waals surface area contributed by atoms with Gasteiger partial charge < -0.3 is 0 Å². The van der Waals surface area contributed by atoms with Crippen molar-refractivity contribution in [2.75, 3.05) is 0 Å². The zero-order valence-corrected chi connectivity index (χ0v) is 12.9. The van der Waals surface area contributed by atoms with Gasteiger partial charge in [-0.05, 0) is 53.9 Å². The first-order valence-corrected chi connectivity index (χ1v) is 8.02. The van der Waals surface area contributed by atoms with Gasteiger partial charge in [-0.2, -0.15) is 4.31 Å². The molecule has 4 heteroatoms. The minimum atomic E-state index is -3.22. The number of rotatable bonds is 5. The predicted molar refractivity (Wildman–Crippen MR) is 72.5 cm³/mol. The van der Waals surface area contributed by atoms with Gasteiger partial charge >= 0.3 is 0 Å². The minimum absolute atomic E-state index is 0.237. The molecule has 0 atom stereocenters. The standard InChI is InChI=1S/C13H27NO2S/c1-7-10-13(5,6)14(11-8-9-11)17(15,16)12(2,3)4/h11H,7-10H2,1-6H3. The summed E-state index contributed by atoms with van der Waals surface area (Å²) >= 11 is 0. The van der Waals surface area contributed by atoms with Gasteiger partial charge in [0.1, 0.15) is 0 Å². The van der Waals surface area contributed by atoms with E-state index in [1.165, 1.54) is 0 Å². The van der Waals surface area contributed by atoms with Crippen LogP contribution in [0.3, 0.4) is 0 Å². The molecule has 3 nitrogen and oxygen atoms in total. The van der Waals surface area contributed by atoms with Crippen LogP contribution in [-0.4, -0.2) is 29.1 Å². The molecule has 0 aliphatic heterocycles. The molecule has 0 heterocycles. The zero-order chi connectivity index (χ0) is 13.5. The maximum atomic E-state index is 12.7. The number of sulfonamides is 1. The Balaban J connectivity index is 3.11. The van der Waals surface area contributed by atoms with Crippen LogP contribution in [0.4, 0.5) is 0 Å². The van der Waals surface area contributed by atoms with Gasteiger partial charge in [0.15, 0.2) is 0 Å². The van der Waals surface area contributed by atoms with Crippen molar-refractivity contribution in [3.63, 3.8) is 0 Å². The van der Waals surface area contributed by atoms with Gasteiger partial charge in [0.25, 0.3) is 0 Å². The fraction of sp³-hybridized carbons (Fsp3) is 1.00. The molecule has 102 valence electrons. The van der Waals surface area contributed by atoms with Crippen molar-refractivity contribution < 1.29 is 8.42 Å². The van der Waals surface area contributed by atoms with Crippen LogP contribution in [0.2, 0.25) is 0 Å². The number of nitrogens with zero attached hydrogens (tertiary/aromatic N) is 1. The second-order valence-corrected chi connectivity index (χ2v) is 9.28. The third-order valence-corrected chi connectivity index (χ3v) is 6.23. The average molecular weight is 261 g/mol. The first-order chi connectivity index (χ1) is 7.54. The van der Waals surface area contributed by atoms with Crippen LogP contribution in [0.1, 0.15) is 67.2 Å². The molecule has 1 rings (SSSR count). The molecule has 0 aromatic heterocycles. The molecule has 1 saturated carbocycles. The van der Waals surface area contributed by atoms with Gasteiger partial charge in [0, 0.05) is 11.6 Å². The highest BCUT2D eigenvalue weighted by molar-refractivity contribution is 7.90. The molecule has 0 N–H and O–H groups in total. The molecule has 0 aromatic carbocycles. The minimum Gasteiger partial charge on any atom is -0.212 e. The van der Waals surface area contributed by atoms with Crippen LogP contribution >= 0.6 is 0 Å². The summed E-state index contributed by atoms with van der Waals surface area (Å²) in [7, 11) is -3.22. The third-order valence-electron chi connectivity index (χ3n) is 3.37. The van der Waals surface area contributed by atoms with Crippen LogP contribution < -0.4 is 0 Å². The molecule has 0 amide bonds. The monoisotopic (exact) mass is 261 g/mol. The maximum absolute atomic E-state index is 12.7. The first kappa shape index (κ1) is 15.0. The van der Waals surface area contributed by atoms with Crippen molar-refractivity contribution in [1.29, 1.82) is 0 Å². The summed E-state index contributed by atoms with van der Waals surface area (Å²) in [6.07, 6.45) is 3.96. The van der Waals surface area contributed by atoms with E-state index in [4.69, 9.17) is 0 Å². The second kappa shape index (κ2) is 4.54. The fourth-order valence-electron chi connectivity index (χ4n) is 2.34. The Labute approximate surface area is 107 Å². The average Bonchev–Trinajstić information content (AvgIpc) is 2.84. The maximum Gasteiger partial charge on any atom is 0.219 e. The molecule has 0 saturated heterocycles. The van der Waals surface area contributed by atoms with Crippen LogP contribution in [0, 0.1) is 0 Å². The van der Waals surface area contributed by atoms with E-state index in [1.54, 1.807) is 25.1 Å². The summed E-state index contributed by atoms with van der Waals surface area (Å²) in [5, 5.41) is 0. The lowest BCUT2D eigenvalue weighted by atomic mass is 9.99. The van der Waals surface area contributed by atoms with Crippen molar-refractivity contribution in [3.8, 4) is 0 Å². The van der Waals surface area contributed by atoms with Crippen molar-refractivity contribution in [1.82, 2.24) is 4.31 Å². The lowest BCUT2D eigenvalue weighted by molar-refractivity contribution is 0.199. The normalized spacial score (nSPS) is 18.8. The Hall–Kier alpha value is -0.0900. The van der Waals surface area contributed by atoms with E-state index in [1.807, 2.05) is 0 Å². The van der Waals surface area contributed by atoms with Crippen molar-refractivity contribution in [2.24, 2.45) is 0 Å². The molecule has 1 aliphatic carbocycles. The second-order valence-electron chi connectivity index (χ2n) is 6.71. The van der Waals surface area contributed by atoms with Crippen LogP contribution in [-0.2, 0) is 10.0 Å². The summed E-state index contributed by atoms with van der Waals surface area (Å²) in [5.41, 5.74) is -0.262. The summed E-state index contributed by atoms with van der Waals surface area (Å²) in [4.78, 5) is 0. The highest BCUT2D eigenvalue weighted by Crippen LogP contribution is 2.40. The van der Waals surface area contributed by atoms with E-state index in [-0.39, 0.29) is 11.6 Å². The van der Waals surface area contributed by atoms with E-state index >= 15 is 0 Å². The fourth-order valence-corrected chi connectivity index (χ4v) is 4.28. The van der Waals surface area contributed by atoms with Gasteiger partial charge in [0.05, 0.1) is 4.75 Å². The Kier molecular flexibility index (Phi) is 4.00. The van der Waals surface area contributed by atoms with Crippen molar-refractivity contribution in [2.45, 2.75) is 83.6 Å². The Morgan fingerprint density at radius 2 is 1.59 bits per heavy atom. The predicted octanol–water partition coefficient (Wildman–Crippen LogP) is 3.16. The number of hydrogen-bond donors (Lipinski definition) is 0. The van der Waals surface area contributed by atoms with Crippen molar-refractivity contribution in [3.05, 3.63) is 0 Å². The molecule has 0 unspecified atom stereocenters. The Bertz CT molecular complexity index is 361. The SMILES string of the molecule is CCCC(C)(C)N(C1CC1)S(=O)(=O)C(C)(C)C. The highest BCUT2D eigenvalue weighted by Gasteiger charge is 2.49. The third kappa shape index (κ3) is 3.02. The molecular formula is C13H27NO2S. The molecule has 0 aromatic rings. The van der Waals surface area contributed by atoms with Gasteiger partial charge in [-0.25, -0.2) is 8.42 Å². The lowest BCUT2D eigenvalue weighted by Crippen LogP contribution is -2.54. The smallest absolute Gasteiger partial charge is 0.212 e. The molecular weight excluding hydrogens is 234 g/mol.